The number of carbonyl (C=O) groups excluding carboxylic acids is 2. The van der Waals surface area contributed by atoms with Gasteiger partial charge in [0.15, 0.2) is 6.04 Å². The molecule has 0 unspecified atom stereocenters. The number of halogens is 1. The quantitative estimate of drug-likeness (QED) is 0.749. The molecular formula is C18H16ClN3O4. The molecular weight excluding hydrogens is 358 g/mol. The zero-order valence-corrected chi connectivity index (χ0v) is 14.4. The molecule has 1 fully saturated rings. The molecule has 0 saturated carbocycles. The van der Waals surface area contributed by atoms with Crippen molar-refractivity contribution in [3.05, 3.63) is 64.7 Å². The van der Waals surface area contributed by atoms with Crippen LogP contribution in [-0.2, 0) is 4.79 Å². The molecule has 1 aliphatic rings. The van der Waals surface area contributed by atoms with E-state index in [0.29, 0.717) is 24.3 Å². The number of carboxylic acids is 1. The molecule has 1 atom stereocenters. The summed E-state index contributed by atoms with van der Waals surface area (Å²) in [4.78, 5) is 37.5. The highest BCUT2D eigenvalue weighted by atomic mass is 35.5. The van der Waals surface area contributed by atoms with Gasteiger partial charge in [-0.2, -0.15) is 0 Å². The second-order valence-electron chi connectivity index (χ2n) is 5.70. The zero-order valence-electron chi connectivity index (χ0n) is 13.6. The standard InChI is InChI=1S/C18H16ClN3O4/c19-14-7-6-12(22-9-8-20-18(22)26)10-13(14)16(23)21-15(17(24)25)11-4-2-1-3-5-11/h1-7,10,15H,8-9H2,(H,20,26)(H,21,23)(H,24,25)/t15-/m0/s1. The first-order valence-corrected chi connectivity index (χ1v) is 8.28. The average molecular weight is 374 g/mol. The van der Waals surface area contributed by atoms with Crippen molar-refractivity contribution < 1.29 is 19.5 Å². The highest BCUT2D eigenvalue weighted by molar-refractivity contribution is 6.34. The third-order valence-corrected chi connectivity index (χ3v) is 4.35. The van der Waals surface area contributed by atoms with E-state index in [0.717, 1.165) is 0 Å². The number of benzene rings is 2. The van der Waals surface area contributed by atoms with Gasteiger partial charge in [0, 0.05) is 18.8 Å². The van der Waals surface area contributed by atoms with Crippen molar-refractivity contribution in [3.8, 4) is 0 Å². The van der Waals surface area contributed by atoms with Crippen LogP contribution < -0.4 is 15.5 Å². The second-order valence-corrected chi connectivity index (χ2v) is 6.11. The van der Waals surface area contributed by atoms with E-state index in [1.807, 2.05) is 0 Å². The number of hydrogen-bond acceptors (Lipinski definition) is 3. The van der Waals surface area contributed by atoms with Crippen molar-refractivity contribution in [3.63, 3.8) is 0 Å². The van der Waals surface area contributed by atoms with Crippen molar-refractivity contribution in [2.45, 2.75) is 6.04 Å². The maximum atomic E-state index is 12.6. The number of carbonyl (C=O) groups is 3. The van der Waals surface area contributed by atoms with Crippen LogP contribution in [0.5, 0.6) is 0 Å². The Morgan fingerprint density at radius 2 is 1.92 bits per heavy atom. The molecule has 7 nitrogen and oxygen atoms in total. The van der Waals surface area contributed by atoms with Gasteiger partial charge in [-0.25, -0.2) is 9.59 Å². The molecule has 1 saturated heterocycles. The Morgan fingerprint density at radius 3 is 2.54 bits per heavy atom. The highest BCUT2D eigenvalue weighted by Gasteiger charge is 2.26. The van der Waals surface area contributed by atoms with Gasteiger partial charge in [-0.3, -0.25) is 9.69 Å². The Balaban J connectivity index is 1.87. The Bertz CT molecular complexity index is 857. The number of rotatable bonds is 5. The summed E-state index contributed by atoms with van der Waals surface area (Å²) >= 11 is 6.12. The molecule has 3 N–H and O–H groups in total. The predicted octanol–water partition coefficient (Wildman–Crippen LogP) is 2.43. The molecule has 1 heterocycles. The van der Waals surface area contributed by atoms with Crippen molar-refractivity contribution in [2.75, 3.05) is 18.0 Å². The summed E-state index contributed by atoms with van der Waals surface area (Å²) in [6, 6.07) is 11.5. The summed E-state index contributed by atoms with van der Waals surface area (Å²) in [6.45, 7) is 0.987. The smallest absolute Gasteiger partial charge is 0.330 e. The molecule has 0 aromatic heterocycles. The van der Waals surface area contributed by atoms with Crippen LogP contribution in [0.25, 0.3) is 0 Å². The van der Waals surface area contributed by atoms with Gasteiger partial charge in [0.2, 0.25) is 0 Å². The SMILES string of the molecule is O=C(N[C@H](C(=O)O)c1ccccc1)c1cc(N2CCNC2=O)ccc1Cl. The fourth-order valence-corrected chi connectivity index (χ4v) is 2.92. The van der Waals surface area contributed by atoms with Gasteiger partial charge < -0.3 is 15.7 Å². The molecule has 8 heteroatoms. The lowest BCUT2D eigenvalue weighted by Gasteiger charge is -2.18. The summed E-state index contributed by atoms with van der Waals surface area (Å²) in [5.74, 6) is -1.82. The number of aliphatic carboxylic acids is 1. The first kappa shape index (κ1) is 17.8. The van der Waals surface area contributed by atoms with Gasteiger partial charge in [0.25, 0.3) is 5.91 Å². The van der Waals surface area contributed by atoms with Gasteiger partial charge >= 0.3 is 12.0 Å². The number of nitrogens with one attached hydrogen (secondary N) is 2. The van der Waals surface area contributed by atoms with Gasteiger partial charge in [-0.05, 0) is 23.8 Å². The van der Waals surface area contributed by atoms with Crippen molar-refractivity contribution >= 4 is 35.2 Å². The van der Waals surface area contributed by atoms with E-state index >= 15 is 0 Å². The lowest BCUT2D eigenvalue weighted by atomic mass is 10.1. The minimum Gasteiger partial charge on any atom is -0.479 e. The molecule has 3 rings (SSSR count). The summed E-state index contributed by atoms with van der Waals surface area (Å²) in [7, 11) is 0. The summed E-state index contributed by atoms with van der Waals surface area (Å²) in [5.41, 5.74) is 1.06. The number of anilines is 1. The molecule has 0 spiro atoms. The van der Waals surface area contributed by atoms with Gasteiger partial charge in [-0.15, -0.1) is 0 Å². The molecule has 134 valence electrons. The van der Waals surface area contributed by atoms with Crippen LogP contribution in [-0.4, -0.2) is 36.1 Å². The normalized spacial score (nSPS) is 14.7. The first-order chi connectivity index (χ1) is 12.5. The number of nitrogens with zero attached hydrogens (tertiary/aromatic N) is 1. The third-order valence-electron chi connectivity index (χ3n) is 4.02. The van der Waals surface area contributed by atoms with Crippen molar-refractivity contribution in [1.82, 2.24) is 10.6 Å². The first-order valence-electron chi connectivity index (χ1n) is 7.91. The highest BCUT2D eigenvalue weighted by Crippen LogP contribution is 2.25. The minimum absolute atomic E-state index is 0.103. The fraction of sp³-hybridized carbons (Fsp3) is 0.167. The predicted molar refractivity (Wildman–Crippen MR) is 96.5 cm³/mol. The Morgan fingerprint density at radius 1 is 1.19 bits per heavy atom. The summed E-state index contributed by atoms with van der Waals surface area (Å²) in [5, 5.41) is 14.8. The Hall–Kier alpha value is -3.06. The summed E-state index contributed by atoms with van der Waals surface area (Å²) in [6.07, 6.45) is 0. The largest absolute Gasteiger partial charge is 0.479 e. The molecule has 0 bridgehead atoms. The molecule has 1 aliphatic heterocycles. The number of amides is 3. The Labute approximate surface area is 154 Å². The number of urea groups is 1. The van der Waals surface area contributed by atoms with Crippen molar-refractivity contribution in [1.29, 1.82) is 0 Å². The third kappa shape index (κ3) is 3.62. The molecule has 3 amide bonds. The van der Waals surface area contributed by atoms with Crippen LogP contribution in [0.2, 0.25) is 5.02 Å². The molecule has 0 radical (unpaired) electrons. The molecule has 2 aromatic rings. The number of hydrogen-bond donors (Lipinski definition) is 3. The maximum absolute atomic E-state index is 12.6. The Kier molecular flexibility index (Phi) is 5.09. The van der Waals surface area contributed by atoms with Crippen LogP contribution in [0.3, 0.4) is 0 Å². The number of carboxylic acid groups (broad SMARTS) is 1. The van der Waals surface area contributed by atoms with Gasteiger partial charge in [-0.1, -0.05) is 41.9 Å². The molecule has 0 aliphatic carbocycles. The second kappa shape index (κ2) is 7.45. The van der Waals surface area contributed by atoms with Gasteiger partial charge in [0.1, 0.15) is 0 Å². The minimum atomic E-state index is -1.21. The van der Waals surface area contributed by atoms with E-state index in [-0.39, 0.29) is 16.6 Å². The van der Waals surface area contributed by atoms with Crippen LogP contribution in [0, 0.1) is 0 Å². The van der Waals surface area contributed by atoms with Gasteiger partial charge in [0.05, 0.1) is 10.6 Å². The van der Waals surface area contributed by atoms with E-state index in [2.05, 4.69) is 10.6 Å². The lowest BCUT2D eigenvalue weighted by Crippen LogP contribution is -2.34. The monoisotopic (exact) mass is 373 g/mol. The van der Waals surface area contributed by atoms with Crippen LogP contribution >= 0.6 is 11.6 Å². The maximum Gasteiger partial charge on any atom is 0.330 e. The fourth-order valence-electron chi connectivity index (χ4n) is 2.72. The molecule has 2 aromatic carbocycles. The zero-order chi connectivity index (χ0) is 18.7. The summed E-state index contributed by atoms with van der Waals surface area (Å²) < 4.78 is 0. The van der Waals surface area contributed by atoms with E-state index in [4.69, 9.17) is 11.6 Å². The van der Waals surface area contributed by atoms with E-state index in [9.17, 15) is 19.5 Å². The lowest BCUT2D eigenvalue weighted by molar-refractivity contribution is -0.139. The topological polar surface area (TPSA) is 98.7 Å². The van der Waals surface area contributed by atoms with Crippen molar-refractivity contribution in [2.24, 2.45) is 0 Å². The molecule has 26 heavy (non-hydrogen) atoms. The van der Waals surface area contributed by atoms with E-state index in [1.54, 1.807) is 36.4 Å². The van der Waals surface area contributed by atoms with E-state index in [1.165, 1.54) is 17.0 Å². The van der Waals surface area contributed by atoms with Crippen LogP contribution in [0.4, 0.5) is 10.5 Å². The van der Waals surface area contributed by atoms with Crippen LogP contribution in [0.15, 0.2) is 48.5 Å². The average Bonchev–Trinajstić information content (AvgIpc) is 3.06. The van der Waals surface area contributed by atoms with E-state index < -0.39 is 17.9 Å². The van der Waals surface area contributed by atoms with Crippen LogP contribution in [0.1, 0.15) is 22.0 Å².